The van der Waals surface area contributed by atoms with E-state index in [9.17, 15) is 4.79 Å². The lowest BCUT2D eigenvalue weighted by molar-refractivity contribution is 0.102. The van der Waals surface area contributed by atoms with Gasteiger partial charge in [-0.2, -0.15) is 0 Å². The van der Waals surface area contributed by atoms with E-state index in [0.717, 1.165) is 14.1 Å². The Morgan fingerprint density at radius 2 is 2.25 bits per heavy atom. The molecule has 0 atom stereocenters. The van der Waals surface area contributed by atoms with Crippen molar-refractivity contribution < 1.29 is 9.21 Å². The van der Waals surface area contributed by atoms with Crippen LogP contribution in [0.4, 0.5) is 5.69 Å². The van der Waals surface area contributed by atoms with Gasteiger partial charge in [0.05, 0.1) is 14.6 Å². The zero-order chi connectivity index (χ0) is 13.9. The predicted molar refractivity (Wildman–Crippen MR) is 86.9 cm³/mol. The van der Waals surface area contributed by atoms with Gasteiger partial charge in [-0.1, -0.05) is 12.1 Å². The first kappa shape index (κ1) is 13.3. The maximum absolute atomic E-state index is 12.1. The smallest absolute Gasteiger partial charge is 0.256 e. The second-order valence-corrected chi connectivity index (χ2v) is 6.85. The molecule has 0 aliphatic carbocycles. The van der Waals surface area contributed by atoms with Crippen molar-refractivity contribution in [2.24, 2.45) is 0 Å². The Morgan fingerprint density at radius 1 is 1.35 bits per heavy atom. The molecule has 0 spiro atoms. The molecule has 3 aromatic rings. The third-order valence-electron chi connectivity index (χ3n) is 2.67. The molecule has 0 fully saturated rings. The highest BCUT2D eigenvalue weighted by molar-refractivity contribution is 14.1. The monoisotopic (exact) mass is 396 g/mol. The van der Waals surface area contributed by atoms with Gasteiger partial charge in [0.25, 0.3) is 5.91 Å². The van der Waals surface area contributed by atoms with Gasteiger partial charge in [0.15, 0.2) is 12.2 Å². The van der Waals surface area contributed by atoms with Crippen molar-refractivity contribution in [2.75, 3.05) is 5.32 Å². The van der Waals surface area contributed by atoms with Gasteiger partial charge in [0.1, 0.15) is 0 Å². The number of rotatable bonds is 3. The van der Waals surface area contributed by atoms with Crippen LogP contribution in [0.15, 0.2) is 52.7 Å². The van der Waals surface area contributed by atoms with Crippen molar-refractivity contribution in [3.05, 3.63) is 56.7 Å². The van der Waals surface area contributed by atoms with Crippen molar-refractivity contribution in [3.63, 3.8) is 0 Å². The van der Waals surface area contributed by atoms with E-state index in [1.54, 1.807) is 17.5 Å². The quantitative estimate of drug-likeness (QED) is 0.674. The second kappa shape index (κ2) is 5.76. The second-order valence-electron chi connectivity index (χ2n) is 4.04. The Hall–Kier alpha value is -1.67. The lowest BCUT2D eigenvalue weighted by atomic mass is 10.1. The Bertz CT molecular complexity index is 737. The number of anilines is 1. The lowest BCUT2D eigenvalue weighted by Gasteiger charge is -2.05. The summed E-state index contributed by atoms with van der Waals surface area (Å²) in [6, 6.07) is 9.33. The average Bonchev–Trinajstić information content (AvgIpc) is 3.10. The molecule has 3 rings (SSSR count). The van der Waals surface area contributed by atoms with E-state index in [0.29, 0.717) is 11.3 Å². The minimum absolute atomic E-state index is 0.112. The van der Waals surface area contributed by atoms with E-state index in [2.05, 4.69) is 32.9 Å². The zero-order valence-electron chi connectivity index (χ0n) is 10.2. The largest absolute Gasteiger partial charge is 0.444 e. The fourth-order valence-electron chi connectivity index (χ4n) is 1.74. The summed E-state index contributed by atoms with van der Waals surface area (Å²) < 4.78 is 6.33. The number of carbonyl (C=O) groups excluding carboxylic acids is 1. The standard InChI is InChI=1S/C14H9IN2O2S/c15-13-5-10(7-20-13)14(18)17-11-3-1-2-9(4-11)12-6-16-8-19-12/h1-8H,(H,17,18). The Kier molecular flexibility index (Phi) is 3.83. The Labute approximate surface area is 133 Å². The van der Waals surface area contributed by atoms with Crippen LogP contribution in [-0.2, 0) is 0 Å². The van der Waals surface area contributed by atoms with Crippen LogP contribution in [0.25, 0.3) is 11.3 Å². The molecule has 0 saturated carbocycles. The van der Waals surface area contributed by atoms with Crippen LogP contribution in [0.2, 0.25) is 0 Å². The number of aromatic nitrogens is 1. The lowest BCUT2D eigenvalue weighted by Crippen LogP contribution is -2.10. The minimum atomic E-state index is -0.112. The molecule has 1 N–H and O–H groups in total. The van der Waals surface area contributed by atoms with Crippen LogP contribution in [0.3, 0.4) is 0 Å². The van der Waals surface area contributed by atoms with E-state index >= 15 is 0 Å². The van der Waals surface area contributed by atoms with Crippen LogP contribution < -0.4 is 5.32 Å². The Morgan fingerprint density at radius 3 is 2.95 bits per heavy atom. The first-order valence-electron chi connectivity index (χ1n) is 5.77. The molecule has 4 nitrogen and oxygen atoms in total. The van der Waals surface area contributed by atoms with Gasteiger partial charge in [0.2, 0.25) is 0 Å². The first-order chi connectivity index (χ1) is 9.72. The van der Waals surface area contributed by atoms with E-state index in [1.165, 1.54) is 6.39 Å². The summed E-state index contributed by atoms with van der Waals surface area (Å²) in [7, 11) is 0. The summed E-state index contributed by atoms with van der Waals surface area (Å²) in [5, 5.41) is 4.72. The normalized spacial score (nSPS) is 10.4. The van der Waals surface area contributed by atoms with Gasteiger partial charge in [-0.25, -0.2) is 4.98 Å². The highest BCUT2D eigenvalue weighted by Gasteiger charge is 2.09. The summed E-state index contributed by atoms with van der Waals surface area (Å²) in [5.41, 5.74) is 2.27. The highest BCUT2D eigenvalue weighted by Crippen LogP contribution is 2.23. The molecule has 0 bridgehead atoms. The number of carbonyl (C=O) groups is 1. The van der Waals surface area contributed by atoms with Crippen LogP contribution in [0.1, 0.15) is 10.4 Å². The number of thiophene rings is 1. The number of hydrogen-bond donors (Lipinski definition) is 1. The third kappa shape index (κ3) is 2.91. The first-order valence-corrected chi connectivity index (χ1v) is 7.72. The van der Waals surface area contributed by atoms with Crippen molar-refractivity contribution >= 4 is 45.5 Å². The van der Waals surface area contributed by atoms with E-state index in [-0.39, 0.29) is 5.91 Å². The molecule has 1 amide bonds. The molecule has 100 valence electrons. The summed E-state index contributed by atoms with van der Waals surface area (Å²) in [6.07, 6.45) is 3.02. The SMILES string of the molecule is O=C(Nc1cccc(-c2cnco2)c1)c1csc(I)c1. The molecule has 0 aliphatic heterocycles. The summed E-state index contributed by atoms with van der Waals surface area (Å²) in [6.45, 7) is 0. The topological polar surface area (TPSA) is 55.1 Å². The molecule has 0 aliphatic rings. The number of hydrogen-bond acceptors (Lipinski definition) is 4. The number of nitrogens with zero attached hydrogens (tertiary/aromatic N) is 1. The summed E-state index contributed by atoms with van der Waals surface area (Å²) in [4.78, 5) is 16.0. The zero-order valence-corrected chi connectivity index (χ0v) is 13.1. The van der Waals surface area contributed by atoms with E-state index < -0.39 is 0 Å². The minimum Gasteiger partial charge on any atom is -0.444 e. The van der Waals surface area contributed by atoms with Crippen LogP contribution in [0.5, 0.6) is 0 Å². The fraction of sp³-hybridized carbons (Fsp3) is 0. The van der Waals surface area contributed by atoms with Gasteiger partial charge < -0.3 is 9.73 Å². The number of benzene rings is 1. The molecular formula is C14H9IN2O2S. The molecule has 0 saturated heterocycles. The maximum Gasteiger partial charge on any atom is 0.256 e. The molecule has 0 unspecified atom stereocenters. The fourth-order valence-corrected chi connectivity index (χ4v) is 3.07. The van der Waals surface area contributed by atoms with Crippen molar-refractivity contribution in [1.29, 1.82) is 0 Å². The molecule has 20 heavy (non-hydrogen) atoms. The molecule has 2 heterocycles. The van der Waals surface area contributed by atoms with Crippen molar-refractivity contribution in [2.45, 2.75) is 0 Å². The van der Waals surface area contributed by atoms with Gasteiger partial charge in [-0.15, -0.1) is 11.3 Å². The molecular weight excluding hydrogens is 387 g/mol. The van der Waals surface area contributed by atoms with Gasteiger partial charge in [-0.3, -0.25) is 4.79 Å². The number of nitrogens with one attached hydrogen (secondary N) is 1. The van der Waals surface area contributed by atoms with Crippen molar-refractivity contribution in [1.82, 2.24) is 4.98 Å². The summed E-state index contributed by atoms with van der Waals surface area (Å²) in [5.74, 6) is 0.560. The Balaban J connectivity index is 1.81. The van der Waals surface area contributed by atoms with Crippen LogP contribution in [-0.4, -0.2) is 10.9 Å². The average molecular weight is 396 g/mol. The highest BCUT2D eigenvalue weighted by atomic mass is 127. The van der Waals surface area contributed by atoms with Crippen LogP contribution in [0, 0.1) is 2.88 Å². The summed E-state index contributed by atoms with van der Waals surface area (Å²) >= 11 is 3.74. The van der Waals surface area contributed by atoms with Crippen molar-refractivity contribution in [3.8, 4) is 11.3 Å². The van der Waals surface area contributed by atoms with Crippen LogP contribution >= 0.6 is 33.9 Å². The van der Waals surface area contributed by atoms with E-state index in [4.69, 9.17) is 4.42 Å². The predicted octanol–water partition coefficient (Wildman–Crippen LogP) is 4.26. The van der Waals surface area contributed by atoms with Gasteiger partial charge >= 0.3 is 0 Å². The molecule has 2 aromatic heterocycles. The number of amides is 1. The number of oxazole rings is 1. The molecule has 0 radical (unpaired) electrons. The third-order valence-corrected chi connectivity index (χ3v) is 4.46. The molecule has 6 heteroatoms. The number of halogens is 1. The maximum atomic E-state index is 12.1. The molecule has 1 aromatic carbocycles. The van der Waals surface area contributed by atoms with Gasteiger partial charge in [-0.05, 0) is 40.8 Å². The van der Waals surface area contributed by atoms with E-state index in [1.807, 2.05) is 35.7 Å². The van der Waals surface area contributed by atoms with Gasteiger partial charge in [0, 0.05) is 16.6 Å².